The molecule has 3 N–H and O–H groups in total. The van der Waals surface area contributed by atoms with Crippen LogP contribution in [0.15, 0.2) is 0 Å². The van der Waals surface area contributed by atoms with Crippen LogP contribution in [0.2, 0.25) is 0 Å². The zero-order valence-electron chi connectivity index (χ0n) is 12.6. The van der Waals surface area contributed by atoms with Crippen molar-refractivity contribution >= 4 is 23.4 Å². The molecular formula is C14H21N5O2. The van der Waals surface area contributed by atoms with Crippen LogP contribution in [-0.4, -0.2) is 46.7 Å². The van der Waals surface area contributed by atoms with Gasteiger partial charge in [0.1, 0.15) is 11.7 Å². The number of anilines is 3. The quantitative estimate of drug-likeness (QED) is 0.761. The van der Waals surface area contributed by atoms with Gasteiger partial charge >= 0.3 is 0 Å². The summed E-state index contributed by atoms with van der Waals surface area (Å²) in [5.74, 6) is 1.68. The lowest BCUT2D eigenvalue weighted by atomic mass is 9.81. The fourth-order valence-electron chi connectivity index (χ4n) is 2.80. The Hall–Kier alpha value is -1.89. The molecule has 1 amide bonds. The van der Waals surface area contributed by atoms with Crippen LogP contribution in [0.5, 0.6) is 0 Å². The topological polar surface area (TPSA) is 90.4 Å². The average molecular weight is 291 g/mol. The molecule has 7 heteroatoms. The second-order valence-electron chi connectivity index (χ2n) is 5.97. The molecule has 0 radical (unpaired) electrons. The fourth-order valence-corrected chi connectivity index (χ4v) is 2.80. The van der Waals surface area contributed by atoms with Gasteiger partial charge in [-0.05, 0) is 32.6 Å². The molecule has 2 aliphatic rings. The van der Waals surface area contributed by atoms with Gasteiger partial charge < -0.3 is 20.6 Å². The van der Waals surface area contributed by atoms with Crippen molar-refractivity contribution in [3.8, 4) is 0 Å². The van der Waals surface area contributed by atoms with E-state index in [9.17, 15) is 4.79 Å². The number of hydrogen-bond donors (Lipinski definition) is 3. The lowest BCUT2D eigenvalue weighted by Gasteiger charge is -2.36. The van der Waals surface area contributed by atoms with Gasteiger partial charge in [-0.1, -0.05) is 0 Å². The first-order chi connectivity index (χ1) is 9.99. The molecule has 1 aliphatic carbocycles. The molecule has 7 nitrogen and oxygen atoms in total. The Bertz CT molecular complexity index is 571. The van der Waals surface area contributed by atoms with Crippen LogP contribution in [0.25, 0.3) is 0 Å². The molecule has 0 saturated heterocycles. The fraction of sp³-hybridized carbons (Fsp3) is 0.643. The maximum atomic E-state index is 11.9. The number of nitrogens with one attached hydrogen (secondary N) is 2. The molecule has 0 bridgehead atoms. The van der Waals surface area contributed by atoms with Gasteiger partial charge in [0.2, 0.25) is 11.9 Å². The predicted molar refractivity (Wildman–Crippen MR) is 80.5 cm³/mol. The molecule has 2 heterocycles. The second kappa shape index (κ2) is 5.14. The van der Waals surface area contributed by atoms with Gasteiger partial charge in [-0.3, -0.25) is 4.79 Å². The summed E-state index contributed by atoms with van der Waals surface area (Å²) in [6.45, 7) is 3.96. The number of aliphatic hydroxyl groups excluding tert-OH is 1. The molecule has 0 spiro atoms. The normalized spacial score (nSPS) is 27.7. The van der Waals surface area contributed by atoms with Gasteiger partial charge in [0.15, 0.2) is 5.82 Å². The smallest absolute Gasteiger partial charge is 0.246 e. The van der Waals surface area contributed by atoms with E-state index in [1.807, 2.05) is 25.8 Å². The van der Waals surface area contributed by atoms with Crippen LogP contribution in [-0.2, 0) is 4.79 Å². The number of fused-ring (bicyclic) bond motifs is 1. The van der Waals surface area contributed by atoms with Crippen molar-refractivity contribution in [1.29, 1.82) is 0 Å². The van der Waals surface area contributed by atoms with E-state index in [4.69, 9.17) is 5.11 Å². The maximum absolute atomic E-state index is 11.9. The Morgan fingerprint density at radius 2 is 2.14 bits per heavy atom. The minimum absolute atomic E-state index is 0.0396. The molecule has 3 rings (SSSR count). The zero-order chi connectivity index (χ0) is 15.1. The van der Waals surface area contributed by atoms with Crippen molar-refractivity contribution < 1.29 is 9.90 Å². The second-order valence-corrected chi connectivity index (χ2v) is 5.97. The summed E-state index contributed by atoms with van der Waals surface area (Å²) in [6, 6.07) is 0.0719. The van der Waals surface area contributed by atoms with Gasteiger partial charge in [-0.25, -0.2) is 4.98 Å². The summed E-state index contributed by atoms with van der Waals surface area (Å²) >= 11 is 0. The monoisotopic (exact) mass is 291 g/mol. The lowest BCUT2D eigenvalue weighted by Crippen LogP contribution is -2.45. The minimum Gasteiger partial charge on any atom is -0.396 e. The Kier molecular flexibility index (Phi) is 3.44. The van der Waals surface area contributed by atoms with Crippen LogP contribution >= 0.6 is 0 Å². The molecule has 1 fully saturated rings. The molecule has 1 aliphatic heterocycles. The molecule has 1 aromatic rings. The molecule has 21 heavy (non-hydrogen) atoms. The summed E-state index contributed by atoms with van der Waals surface area (Å²) in [7, 11) is 1.86. The standard InChI is InChI=1S/C14H21N5O2/c1-7-11-12(19(3)8(2)13(21)17-11)18-14(15-7)16-10-4-9(5-10)6-20/h8-10,20H,4-6H2,1-3H3,(H,17,21)(H,15,16,18). The number of carbonyl (C=O) groups excluding carboxylic acids is 1. The van der Waals surface area contributed by atoms with Crippen LogP contribution in [0.4, 0.5) is 17.5 Å². The molecule has 114 valence electrons. The van der Waals surface area contributed by atoms with Crippen LogP contribution in [0.3, 0.4) is 0 Å². The van der Waals surface area contributed by atoms with Gasteiger partial charge in [0.05, 0.1) is 5.69 Å². The Morgan fingerprint density at radius 1 is 1.43 bits per heavy atom. The van der Waals surface area contributed by atoms with E-state index in [0.717, 1.165) is 24.4 Å². The largest absolute Gasteiger partial charge is 0.396 e. The Morgan fingerprint density at radius 3 is 2.81 bits per heavy atom. The number of rotatable bonds is 3. The average Bonchev–Trinajstić information content (AvgIpc) is 2.41. The first-order valence-corrected chi connectivity index (χ1v) is 7.29. The number of aromatic nitrogens is 2. The van der Waals surface area contributed by atoms with Gasteiger partial charge in [0, 0.05) is 19.7 Å². The first-order valence-electron chi connectivity index (χ1n) is 7.29. The number of aryl methyl sites for hydroxylation is 1. The predicted octanol–water partition coefficient (Wildman–Crippen LogP) is 0.745. The highest BCUT2D eigenvalue weighted by Crippen LogP contribution is 2.34. The van der Waals surface area contributed by atoms with Crippen molar-refractivity contribution in [2.75, 3.05) is 29.2 Å². The van der Waals surface area contributed by atoms with E-state index in [2.05, 4.69) is 20.6 Å². The highest BCUT2D eigenvalue weighted by atomic mass is 16.3. The SMILES string of the molecule is Cc1nc(NC2CC(CO)C2)nc2c1NC(=O)C(C)N2C. The summed E-state index contributed by atoms with van der Waals surface area (Å²) in [4.78, 5) is 22.7. The van der Waals surface area contributed by atoms with E-state index < -0.39 is 0 Å². The Labute approximate surface area is 123 Å². The third-order valence-electron chi connectivity index (χ3n) is 4.44. The molecule has 1 atom stereocenters. The summed E-state index contributed by atoms with van der Waals surface area (Å²) in [5, 5.41) is 15.2. The van der Waals surface area contributed by atoms with Crippen molar-refractivity contribution in [1.82, 2.24) is 9.97 Å². The maximum Gasteiger partial charge on any atom is 0.246 e. The minimum atomic E-state index is -0.248. The number of amides is 1. The number of carbonyl (C=O) groups is 1. The summed E-state index contributed by atoms with van der Waals surface area (Å²) in [5.41, 5.74) is 1.45. The van der Waals surface area contributed by atoms with Gasteiger partial charge in [-0.2, -0.15) is 4.98 Å². The number of aliphatic hydroxyl groups is 1. The molecule has 1 unspecified atom stereocenters. The van der Waals surface area contributed by atoms with E-state index >= 15 is 0 Å². The number of nitrogens with zero attached hydrogens (tertiary/aromatic N) is 3. The Balaban J connectivity index is 1.82. The van der Waals surface area contributed by atoms with E-state index in [0.29, 0.717) is 23.6 Å². The van der Waals surface area contributed by atoms with Crippen LogP contribution in [0.1, 0.15) is 25.5 Å². The summed E-state index contributed by atoms with van der Waals surface area (Å²) in [6.07, 6.45) is 1.89. The van der Waals surface area contributed by atoms with Gasteiger partial charge in [-0.15, -0.1) is 0 Å². The van der Waals surface area contributed by atoms with Crippen LogP contribution < -0.4 is 15.5 Å². The van der Waals surface area contributed by atoms with Crippen LogP contribution in [0, 0.1) is 12.8 Å². The van der Waals surface area contributed by atoms with Crippen molar-refractivity contribution in [2.24, 2.45) is 5.92 Å². The molecule has 1 aromatic heterocycles. The van der Waals surface area contributed by atoms with Crippen molar-refractivity contribution in [3.05, 3.63) is 5.69 Å². The third kappa shape index (κ3) is 2.42. The highest BCUT2D eigenvalue weighted by molar-refractivity contribution is 6.03. The number of hydrogen-bond acceptors (Lipinski definition) is 6. The van der Waals surface area contributed by atoms with E-state index in [1.54, 1.807) is 0 Å². The third-order valence-corrected chi connectivity index (χ3v) is 4.44. The van der Waals surface area contributed by atoms with E-state index in [1.165, 1.54) is 0 Å². The molecule has 1 saturated carbocycles. The molecular weight excluding hydrogens is 270 g/mol. The first kappa shape index (κ1) is 14.1. The van der Waals surface area contributed by atoms with Crippen molar-refractivity contribution in [2.45, 2.75) is 38.8 Å². The number of likely N-dealkylation sites (N-methyl/N-ethyl adjacent to an activating group) is 1. The van der Waals surface area contributed by atoms with Gasteiger partial charge in [0.25, 0.3) is 0 Å². The molecule has 0 aromatic carbocycles. The highest BCUT2D eigenvalue weighted by Gasteiger charge is 2.32. The van der Waals surface area contributed by atoms with E-state index in [-0.39, 0.29) is 18.6 Å². The summed E-state index contributed by atoms with van der Waals surface area (Å²) < 4.78 is 0. The van der Waals surface area contributed by atoms with Crippen molar-refractivity contribution in [3.63, 3.8) is 0 Å². The zero-order valence-corrected chi connectivity index (χ0v) is 12.6. The lowest BCUT2D eigenvalue weighted by molar-refractivity contribution is -0.117.